The molecule has 9 aromatic carbocycles. The maximum atomic E-state index is 7.79. The molecule has 0 atom stereocenters. The number of anilines is 12. The molecule has 0 saturated carbocycles. The average molecular weight is 1220 g/mol. The maximum Gasteiger partial charge on any atom is 0.252 e. The van der Waals surface area contributed by atoms with Crippen molar-refractivity contribution in [2.45, 2.75) is 185 Å². The van der Waals surface area contributed by atoms with Crippen LogP contribution in [0.1, 0.15) is 180 Å². The predicted molar refractivity (Wildman–Crippen MR) is 396 cm³/mol. The van der Waals surface area contributed by atoms with Crippen LogP contribution in [-0.2, 0) is 32.5 Å². The van der Waals surface area contributed by atoms with E-state index in [0.717, 1.165) is 56.9 Å². The van der Waals surface area contributed by atoms with Crippen LogP contribution in [0.3, 0.4) is 0 Å². The van der Waals surface area contributed by atoms with Gasteiger partial charge in [-0.25, -0.2) is 0 Å². The second-order valence-electron chi connectivity index (χ2n) is 33.2. The SMILES string of the molecule is Cc1cc(C)cc(N2c3cc4c(cc3B3c5ccc(C(C)(C)C)cc5N(c5cc(C(C)(C)C)cc(C(C)(C)C)c5)c5cc(Cl)cc2c53)N(c2cc(C)cc(C)c2)c2cc(Cl)cc3c2B4c2ccc(C(C)(C)C)cc2N3c2cc(C(C)(C)C)cc(C(C)(C)C)c2)c1. The molecule has 458 valence electrons. The zero-order chi connectivity index (χ0) is 64.8. The van der Waals surface area contributed by atoms with E-state index in [2.05, 4.69) is 318 Å². The number of hydrogen-bond acceptors (Lipinski definition) is 4. The number of rotatable bonds is 4. The fourth-order valence-electron chi connectivity index (χ4n) is 14.8. The van der Waals surface area contributed by atoms with Gasteiger partial charge in [-0.1, -0.05) is 196 Å². The van der Waals surface area contributed by atoms with Crippen LogP contribution in [0.2, 0.25) is 10.0 Å². The fourth-order valence-corrected chi connectivity index (χ4v) is 15.2. The zero-order valence-electron chi connectivity index (χ0n) is 57.6. The van der Waals surface area contributed by atoms with Gasteiger partial charge in [0.05, 0.1) is 0 Å². The van der Waals surface area contributed by atoms with E-state index < -0.39 is 0 Å². The van der Waals surface area contributed by atoms with E-state index in [-0.39, 0.29) is 45.9 Å². The van der Waals surface area contributed by atoms with Crippen molar-refractivity contribution in [3.05, 3.63) is 211 Å². The molecule has 0 unspecified atom stereocenters. The third-order valence-corrected chi connectivity index (χ3v) is 20.1. The lowest BCUT2D eigenvalue weighted by Crippen LogP contribution is -2.64. The first-order valence-electron chi connectivity index (χ1n) is 32.7. The summed E-state index contributed by atoms with van der Waals surface area (Å²) in [7, 11) is 0. The zero-order valence-corrected chi connectivity index (χ0v) is 59.1. The molecule has 9 aromatic rings. The fraction of sp³-hybridized carbons (Fsp3) is 0.341. The lowest BCUT2D eigenvalue weighted by Gasteiger charge is -2.48. The van der Waals surface area contributed by atoms with Crippen LogP contribution in [-0.4, -0.2) is 13.4 Å². The Morgan fingerprint density at radius 3 is 0.744 bits per heavy atom. The van der Waals surface area contributed by atoms with Crippen LogP contribution in [0.4, 0.5) is 68.2 Å². The first-order chi connectivity index (χ1) is 41.8. The van der Waals surface area contributed by atoms with E-state index in [9.17, 15) is 0 Å². The van der Waals surface area contributed by atoms with E-state index in [1.807, 2.05) is 0 Å². The highest BCUT2D eigenvalue weighted by Gasteiger charge is 2.49. The monoisotopic (exact) mass is 1220 g/mol. The summed E-state index contributed by atoms with van der Waals surface area (Å²) in [5.74, 6) is 0. The van der Waals surface area contributed by atoms with Crippen molar-refractivity contribution in [3.63, 3.8) is 0 Å². The Labute approximate surface area is 549 Å². The topological polar surface area (TPSA) is 13.0 Å². The van der Waals surface area contributed by atoms with E-state index >= 15 is 0 Å². The Kier molecular flexibility index (Phi) is 14.2. The first-order valence-corrected chi connectivity index (χ1v) is 33.4. The van der Waals surface area contributed by atoms with Crippen LogP contribution < -0.4 is 52.4 Å². The van der Waals surface area contributed by atoms with Gasteiger partial charge in [0.2, 0.25) is 0 Å². The molecule has 0 bridgehead atoms. The summed E-state index contributed by atoms with van der Waals surface area (Å²) in [5.41, 5.74) is 32.9. The van der Waals surface area contributed by atoms with Gasteiger partial charge in [-0.2, -0.15) is 0 Å². The summed E-state index contributed by atoms with van der Waals surface area (Å²) in [6, 6.07) is 57.6. The number of halogens is 2. The molecule has 0 spiro atoms. The van der Waals surface area contributed by atoms with Crippen molar-refractivity contribution in [3.8, 4) is 0 Å². The van der Waals surface area contributed by atoms with Crippen molar-refractivity contribution >= 4 is 138 Å². The van der Waals surface area contributed by atoms with Crippen LogP contribution in [0.5, 0.6) is 0 Å². The third kappa shape index (κ3) is 10.4. The lowest BCUT2D eigenvalue weighted by atomic mass is 9.31. The van der Waals surface area contributed by atoms with Gasteiger partial charge in [-0.15, -0.1) is 0 Å². The highest BCUT2D eigenvalue weighted by molar-refractivity contribution is 7.02. The number of nitrogens with zero attached hydrogens (tertiary/aromatic N) is 4. The number of fused-ring (bicyclic) bond motifs is 8. The second kappa shape index (κ2) is 20.7. The molecule has 0 aromatic heterocycles. The van der Waals surface area contributed by atoms with Crippen LogP contribution in [0, 0.1) is 27.7 Å². The summed E-state index contributed by atoms with van der Waals surface area (Å²) in [4.78, 5) is 10.3. The molecule has 4 heterocycles. The van der Waals surface area contributed by atoms with Crippen LogP contribution in [0.25, 0.3) is 0 Å². The largest absolute Gasteiger partial charge is 0.311 e. The Morgan fingerprint density at radius 2 is 0.489 bits per heavy atom. The molecule has 8 heteroatoms. The van der Waals surface area contributed by atoms with Gasteiger partial charge in [-0.05, 0) is 246 Å². The van der Waals surface area contributed by atoms with Crippen molar-refractivity contribution < 1.29 is 0 Å². The molecular formula is C82H90B2Cl2N4. The summed E-state index contributed by atoms with van der Waals surface area (Å²) in [6.07, 6.45) is 0. The summed E-state index contributed by atoms with van der Waals surface area (Å²) < 4.78 is 0. The van der Waals surface area contributed by atoms with E-state index in [4.69, 9.17) is 23.2 Å². The van der Waals surface area contributed by atoms with Crippen LogP contribution >= 0.6 is 23.2 Å². The Balaban J connectivity index is 1.18. The molecule has 0 fully saturated rings. The summed E-state index contributed by atoms with van der Waals surface area (Å²) >= 11 is 15.6. The molecule has 4 aliphatic rings. The van der Waals surface area contributed by atoms with Crippen molar-refractivity contribution in [1.82, 2.24) is 0 Å². The molecule has 4 nitrogen and oxygen atoms in total. The highest BCUT2D eigenvalue weighted by Crippen LogP contribution is 2.52. The average Bonchev–Trinajstić information content (AvgIpc) is 0.688. The minimum atomic E-state index is -0.184. The van der Waals surface area contributed by atoms with Gasteiger partial charge in [0, 0.05) is 78.3 Å². The van der Waals surface area contributed by atoms with Gasteiger partial charge in [0.25, 0.3) is 13.4 Å². The molecule has 0 amide bonds. The molecular weight excluding hydrogens is 1130 g/mol. The summed E-state index contributed by atoms with van der Waals surface area (Å²) in [6.45, 7) is 50.6. The molecule has 0 radical (unpaired) electrons. The number of benzene rings is 9. The molecule has 0 saturated heterocycles. The Bertz CT molecular complexity index is 4100. The van der Waals surface area contributed by atoms with Crippen molar-refractivity contribution in [1.29, 1.82) is 0 Å². The van der Waals surface area contributed by atoms with Gasteiger partial charge in [-0.3, -0.25) is 0 Å². The maximum absolute atomic E-state index is 7.79. The van der Waals surface area contributed by atoms with Crippen molar-refractivity contribution in [2.24, 2.45) is 0 Å². The molecule has 90 heavy (non-hydrogen) atoms. The van der Waals surface area contributed by atoms with E-state index in [1.165, 1.54) is 99.8 Å². The smallest absolute Gasteiger partial charge is 0.252 e. The predicted octanol–water partition coefficient (Wildman–Crippen LogP) is 20.2. The first kappa shape index (κ1) is 61.7. The minimum Gasteiger partial charge on any atom is -0.311 e. The quantitative estimate of drug-likeness (QED) is 0.163. The summed E-state index contributed by atoms with van der Waals surface area (Å²) in [5, 5.41) is 1.39. The Hall–Kier alpha value is -7.11. The second-order valence-corrected chi connectivity index (χ2v) is 34.0. The van der Waals surface area contributed by atoms with Crippen LogP contribution in [0.15, 0.2) is 146 Å². The molecule has 4 aliphatic heterocycles. The standard InChI is InChI=1S/C82H90B2Cl2N4/c1-47-27-48(2)30-59(29-47)87-69-45-66-70(46-65(69)83-63-25-23-51(77(5,6)7)39-67(63)89(73-43-57(85)41-71(87)75(73)83)61-35-53(79(11,12)13)33-54(36-61)80(14,15)16)88(60-31-49(3)28-50(4)32-60)72-42-58(86)44-74-76(72)84(66)64-26-24-52(78(8,9)10)40-68(64)90(74)62-37-55(81(17,18)19)34-56(38-62)82(20,21)22/h23-46H,1-22H3. The normalized spacial score (nSPS) is 14.5. The van der Waals surface area contributed by atoms with Gasteiger partial charge in [0.1, 0.15) is 0 Å². The van der Waals surface area contributed by atoms with Gasteiger partial charge in [0.15, 0.2) is 0 Å². The van der Waals surface area contributed by atoms with Gasteiger partial charge >= 0.3 is 0 Å². The van der Waals surface area contributed by atoms with E-state index in [1.54, 1.807) is 0 Å². The molecule has 13 rings (SSSR count). The molecule has 0 N–H and O–H groups in total. The minimum absolute atomic E-state index is 0.111. The number of hydrogen-bond donors (Lipinski definition) is 0. The van der Waals surface area contributed by atoms with Gasteiger partial charge < -0.3 is 19.6 Å². The number of aryl methyl sites for hydroxylation is 4. The van der Waals surface area contributed by atoms with E-state index in [0.29, 0.717) is 10.0 Å². The third-order valence-electron chi connectivity index (χ3n) is 19.7. The highest BCUT2D eigenvalue weighted by atomic mass is 35.5. The Morgan fingerprint density at radius 1 is 0.244 bits per heavy atom. The van der Waals surface area contributed by atoms with Crippen molar-refractivity contribution in [2.75, 3.05) is 19.6 Å². The molecule has 0 aliphatic carbocycles. The lowest BCUT2D eigenvalue weighted by molar-refractivity contribution is 0.568.